The number of rotatable bonds is 4. The second-order valence-electron chi connectivity index (χ2n) is 7.80. The minimum absolute atomic E-state index is 0.0617. The van der Waals surface area contributed by atoms with E-state index in [1.165, 1.54) is 16.9 Å². The molecule has 0 spiro atoms. The van der Waals surface area contributed by atoms with Gasteiger partial charge in [0.2, 0.25) is 0 Å². The number of hydrogen-bond donors (Lipinski definition) is 0. The number of carbonyl (C=O) groups excluding carboxylic acids is 1. The molecule has 4 heterocycles. The van der Waals surface area contributed by atoms with Gasteiger partial charge in [-0.1, -0.05) is 53.5 Å². The molecule has 1 aromatic carbocycles. The zero-order valence-electron chi connectivity index (χ0n) is 17.5. The van der Waals surface area contributed by atoms with E-state index in [0.29, 0.717) is 48.6 Å². The average molecular weight is 486 g/mol. The summed E-state index contributed by atoms with van der Waals surface area (Å²) in [5, 5.41) is 6.77. The van der Waals surface area contributed by atoms with Crippen LogP contribution >= 0.6 is 34.5 Å². The minimum atomic E-state index is 0.0617. The van der Waals surface area contributed by atoms with Gasteiger partial charge in [-0.15, -0.1) is 11.3 Å². The molecule has 9 heteroatoms. The first kappa shape index (κ1) is 21.2. The molecule has 0 N–H and O–H groups in total. The van der Waals surface area contributed by atoms with Crippen LogP contribution in [-0.2, 0) is 6.54 Å². The van der Waals surface area contributed by atoms with Crippen molar-refractivity contribution >= 4 is 56.5 Å². The lowest BCUT2D eigenvalue weighted by atomic mass is 10.2. The monoisotopic (exact) mass is 485 g/mol. The number of amides is 1. The molecule has 1 amide bonds. The second kappa shape index (κ2) is 8.73. The number of nitrogens with zero attached hydrogens (tertiary/aromatic N) is 5. The lowest BCUT2D eigenvalue weighted by molar-refractivity contribution is 0.0751. The van der Waals surface area contributed by atoms with Crippen molar-refractivity contribution in [2.24, 2.45) is 0 Å². The van der Waals surface area contributed by atoms with Crippen LogP contribution in [0.25, 0.3) is 10.2 Å². The van der Waals surface area contributed by atoms with Gasteiger partial charge in [-0.05, 0) is 24.6 Å². The maximum Gasteiger partial charge on any atom is 0.264 e. The summed E-state index contributed by atoms with van der Waals surface area (Å²) in [5.41, 5.74) is 2.13. The van der Waals surface area contributed by atoms with E-state index in [4.69, 9.17) is 23.2 Å². The number of fused-ring (bicyclic) bond motifs is 1. The Labute approximate surface area is 200 Å². The molecule has 1 saturated heterocycles. The van der Waals surface area contributed by atoms with Crippen molar-refractivity contribution < 1.29 is 4.79 Å². The molecule has 1 aliphatic heterocycles. The van der Waals surface area contributed by atoms with E-state index in [2.05, 4.69) is 27.1 Å². The van der Waals surface area contributed by atoms with Gasteiger partial charge in [0.15, 0.2) is 0 Å². The third-order valence-corrected chi connectivity index (χ3v) is 7.27. The Balaban J connectivity index is 1.31. The number of benzene rings is 1. The van der Waals surface area contributed by atoms with Crippen molar-refractivity contribution in [3.05, 3.63) is 74.8 Å². The third kappa shape index (κ3) is 4.08. The van der Waals surface area contributed by atoms with E-state index >= 15 is 0 Å². The van der Waals surface area contributed by atoms with Gasteiger partial charge >= 0.3 is 0 Å². The SMILES string of the molecule is Cc1nn(Cc2ccccc2)c2sc(C(=O)N3CCN(c4ncc(Cl)cc4Cl)CC3)cc12. The highest BCUT2D eigenvalue weighted by Crippen LogP contribution is 2.31. The summed E-state index contributed by atoms with van der Waals surface area (Å²) in [6.07, 6.45) is 1.60. The zero-order valence-corrected chi connectivity index (χ0v) is 19.8. The van der Waals surface area contributed by atoms with Crippen molar-refractivity contribution in [1.29, 1.82) is 0 Å². The summed E-state index contributed by atoms with van der Waals surface area (Å²) in [5.74, 6) is 0.772. The molecule has 1 fully saturated rings. The summed E-state index contributed by atoms with van der Waals surface area (Å²) in [4.78, 5) is 23.4. The fourth-order valence-corrected chi connectivity index (χ4v) is 5.63. The Hall–Kier alpha value is -2.61. The molecule has 0 aliphatic carbocycles. The number of halogens is 2. The number of aryl methyl sites for hydroxylation is 1. The van der Waals surface area contributed by atoms with Crippen LogP contribution in [0.3, 0.4) is 0 Å². The fourth-order valence-electron chi connectivity index (χ4n) is 4.00. The van der Waals surface area contributed by atoms with Crippen LogP contribution in [-0.4, -0.2) is 51.8 Å². The number of hydrogen-bond acceptors (Lipinski definition) is 5. The Morgan fingerprint density at radius 2 is 1.84 bits per heavy atom. The van der Waals surface area contributed by atoms with Crippen LogP contribution in [0.1, 0.15) is 20.9 Å². The Morgan fingerprint density at radius 1 is 1.09 bits per heavy atom. The zero-order chi connectivity index (χ0) is 22.2. The van der Waals surface area contributed by atoms with Gasteiger partial charge in [0, 0.05) is 37.8 Å². The van der Waals surface area contributed by atoms with Gasteiger partial charge in [-0.3, -0.25) is 9.48 Å². The van der Waals surface area contributed by atoms with E-state index in [-0.39, 0.29) is 5.91 Å². The number of aromatic nitrogens is 3. The molecule has 0 bridgehead atoms. The van der Waals surface area contributed by atoms with E-state index in [1.54, 1.807) is 12.3 Å². The molecule has 0 unspecified atom stereocenters. The molecule has 0 radical (unpaired) electrons. The summed E-state index contributed by atoms with van der Waals surface area (Å²) >= 11 is 13.8. The number of carbonyl (C=O) groups is 1. The van der Waals surface area contributed by atoms with Crippen LogP contribution in [0.2, 0.25) is 10.0 Å². The normalized spacial score (nSPS) is 14.3. The minimum Gasteiger partial charge on any atom is -0.352 e. The van der Waals surface area contributed by atoms with Crippen molar-refractivity contribution in [1.82, 2.24) is 19.7 Å². The van der Waals surface area contributed by atoms with Gasteiger partial charge in [0.25, 0.3) is 5.91 Å². The van der Waals surface area contributed by atoms with Crippen LogP contribution in [0.15, 0.2) is 48.7 Å². The van der Waals surface area contributed by atoms with Crippen LogP contribution in [0.5, 0.6) is 0 Å². The third-order valence-electron chi connectivity index (χ3n) is 5.65. The van der Waals surface area contributed by atoms with Crippen molar-refractivity contribution in [3.63, 3.8) is 0 Å². The highest BCUT2D eigenvalue weighted by atomic mass is 35.5. The number of piperazine rings is 1. The number of thiophene rings is 1. The molecule has 4 aromatic rings. The predicted octanol–water partition coefficient (Wildman–Crippen LogP) is 5.12. The summed E-state index contributed by atoms with van der Waals surface area (Å²) in [6.45, 7) is 5.25. The van der Waals surface area contributed by atoms with E-state index < -0.39 is 0 Å². The standard InChI is InChI=1S/C23H21Cl2N5OS/c1-15-18-12-20(32-23(18)30(27-15)14-16-5-3-2-4-6-16)22(31)29-9-7-28(8-10-29)21-19(25)11-17(24)13-26-21/h2-6,11-13H,7-10,14H2,1H3. The maximum atomic E-state index is 13.2. The van der Waals surface area contributed by atoms with Gasteiger partial charge in [0.05, 0.1) is 27.2 Å². The quantitative estimate of drug-likeness (QED) is 0.402. The number of pyridine rings is 1. The highest BCUT2D eigenvalue weighted by molar-refractivity contribution is 7.20. The van der Waals surface area contributed by atoms with Gasteiger partial charge in [0.1, 0.15) is 10.6 Å². The Bertz CT molecular complexity index is 1280. The first-order valence-corrected chi connectivity index (χ1v) is 11.9. The largest absolute Gasteiger partial charge is 0.352 e. The van der Waals surface area contributed by atoms with Crippen molar-refractivity contribution in [2.75, 3.05) is 31.1 Å². The van der Waals surface area contributed by atoms with Gasteiger partial charge in [-0.2, -0.15) is 5.10 Å². The number of anilines is 1. The molecule has 6 nitrogen and oxygen atoms in total. The van der Waals surface area contributed by atoms with Crippen molar-refractivity contribution in [3.8, 4) is 0 Å². The molecule has 32 heavy (non-hydrogen) atoms. The van der Waals surface area contributed by atoms with Crippen LogP contribution in [0.4, 0.5) is 5.82 Å². The van der Waals surface area contributed by atoms with Crippen LogP contribution < -0.4 is 4.90 Å². The fraction of sp³-hybridized carbons (Fsp3) is 0.261. The topological polar surface area (TPSA) is 54.3 Å². The smallest absolute Gasteiger partial charge is 0.264 e. The molecule has 1 aliphatic rings. The van der Waals surface area contributed by atoms with E-state index in [9.17, 15) is 4.79 Å². The van der Waals surface area contributed by atoms with E-state index in [0.717, 1.165) is 20.8 Å². The average Bonchev–Trinajstić information content (AvgIpc) is 3.35. The van der Waals surface area contributed by atoms with Crippen molar-refractivity contribution in [2.45, 2.75) is 13.5 Å². The summed E-state index contributed by atoms with van der Waals surface area (Å²) in [7, 11) is 0. The lowest BCUT2D eigenvalue weighted by Crippen LogP contribution is -2.49. The summed E-state index contributed by atoms with van der Waals surface area (Å²) in [6, 6.07) is 13.9. The Morgan fingerprint density at radius 3 is 2.56 bits per heavy atom. The molecule has 0 saturated carbocycles. The Kier molecular flexibility index (Phi) is 5.80. The maximum absolute atomic E-state index is 13.2. The molecular weight excluding hydrogens is 465 g/mol. The van der Waals surface area contributed by atoms with E-state index in [1.807, 2.05) is 40.8 Å². The molecule has 5 rings (SSSR count). The molecule has 0 atom stereocenters. The first-order valence-electron chi connectivity index (χ1n) is 10.4. The highest BCUT2D eigenvalue weighted by Gasteiger charge is 2.26. The summed E-state index contributed by atoms with van der Waals surface area (Å²) < 4.78 is 1.99. The predicted molar refractivity (Wildman–Crippen MR) is 130 cm³/mol. The van der Waals surface area contributed by atoms with Gasteiger partial charge < -0.3 is 9.80 Å². The molecule has 3 aromatic heterocycles. The molecule has 164 valence electrons. The van der Waals surface area contributed by atoms with Crippen LogP contribution in [0, 0.1) is 6.92 Å². The lowest BCUT2D eigenvalue weighted by Gasteiger charge is -2.35. The second-order valence-corrected chi connectivity index (χ2v) is 9.67. The first-order chi connectivity index (χ1) is 15.5. The molecular formula is C23H21Cl2N5OS. The van der Waals surface area contributed by atoms with Gasteiger partial charge in [-0.25, -0.2) is 4.98 Å².